The quantitative estimate of drug-likeness (QED) is 0.118. The number of nitrogens with one attached hydrogen (secondary N) is 1. The number of fused-ring (bicyclic) bond motifs is 1. The van der Waals surface area contributed by atoms with E-state index in [2.05, 4.69) is 10.5 Å². The van der Waals surface area contributed by atoms with E-state index in [-0.39, 0.29) is 17.2 Å². The lowest BCUT2D eigenvalue weighted by Gasteiger charge is -2.13. The molecule has 4 aromatic carbocycles. The van der Waals surface area contributed by atoms with E-state index in [1.54, 1.807) is 30.3 Å². The van der Waals surface area contributed by atoms with Crippen LogP contribution in [0.1, 0.15) is 28.4 Å². The molecule has 0 radical (unpaired) electrons. The third-order valence-electron chi connectivity index (χ3n) is 5.49. The van der Waals surface area contributed by atoms with Crippen molar-refractivity contribution in [3.63, 3.8) is 0 Å². The lowest BCUT2D eigenvalue weighted by molar-refractivity contribution is -0.386. The molecule has 0 saturated carbocycles. The second-order valence-electron chi connectivity index (χ2n) is 8.18. The number of aryl methyl sites for hydroxylation is 1. The maximum absolute atomic E-state index is 12.8. The van der Waals surface area contributed by atoms with Crippen molar-refractivity contribution in [1.29, 1.82) is 0 Å². The maximum Gasteiger partial charge on any atom is 0.343 e. The van der Waals surface area contributed by atoms with Crippen LogP contribution in [0.15, 0.2) is 90.0 Å². The summed E-state index contributed by atoms with van der Waals surface area (Å²) in [5.41, 5.74) is 3.96. The minimum absolute atomic E-state index is 0.0291. The van der Waals surface area contributed by atoms with Crippen molar-refractivity contribution in [3.05, 3.63) is 112 Å². The first-order valence-electron chi connectivity index (χ1n) is 11.4. The smallest absolute Gasteiger partial charge is 0.343 e. The largest absolute Gasteiger partial charge is 0.474 e. The van der Waals surface area contributed by atoms with Gasteiger partial charge in [0.25, 0.3) is 5.91 Å². The zero-order valence-corrected chi connectivity index (χ0v) is 20.1. The number of esters is 1. The van der Waals surface area contributed by atoms with E-state index in [4.69, 9.17) is 9.47 Å². The van der Waals surface area contributed by atoms with Crippen LogP contribution in [0.25, 0.3) is 10.8 Å². The van der Waals surface area contributed by atoms with Gasteiger partial charge in [0.2, 0.25) is 0 Å². The van der Waals surface area contributed by atoms with Crippen molar-refractivity contribution in [3.8, 4) is 11.5 Å². The molecule has 1 atom stereocenters. The van der Waals surface area contributed by atoms with Crippen molar-refractivity contribution >= 4 is 34.6 Å². The molecule has 1 N–H and O–H groups in total. The van der Waals surface area contributed by atoms with Crippen LogP contribution in [0.3, 0.4) is 0 Å². The molecule has 4 rings (SSSR count). The van der Waals surface area contributed by atoms with Crippen LogP contribution in [0, 0.1) is 17.0 Å². The fourth-order valence-corrected chi connectivity index (χ4v) is 3.63. The summed E-state index contributed by atoms with van der Waals surface area (Å²) in [6, 6.07) is 23.8. The number of nitro benzene ring substituents is 1. The number of rotatable bonds is 8. The number of amides is 1. The Morgan fingerprint density at radius 1 is 0.973 bits per heavy atom. The van der Waals surface area contributed by atoms with Crippen molar-refractivity contribution in [2.75, 3.05) is 0 Å². The molecule has 1 unspecified atom stereocenters. The van der Waals surface area contributed by atoms with Crippen LogP contribution < -0.4 is 14.9 Å². The highest BCUT2D eigenvalue weighted by Gasteiger charge is 2.20. The van der Waals surface area contributed by atoms with Gasteiger partial charge in [-0.25, -0.2) is 10.2 Å². The SMILES string of the molecule is Cc1cccc(C(=O)Oc2ccc3ccccc3c2C=NNC(=O)C(C)Oc2ccccc2[N+](=O)[O-])c1. The molecule has 0 aliphatic heterocycles. The molecule has 0 saturated heterocycles. The van der Waals surface area contributed by atoms with E-state index in [9.17, 15) is 19.7 Å². The molecule has 1 amide bonds. The lowest BCUT2D eigenvalue weighted by atomic mass is 10.0. The molecule has 0 aromatic heterocycles. The van der Waals surface area contributed by atoms with Crippen molar-refractivity contribution in [2.45, 2.75) is 20.0 Å². The number of benzene rings is 4. The van der Waals surface area contributed by atoms with Crippen molar-refractivity contribution < 1.29 is 24.0 Å². The Labute approximate surface area is 212 Å². The Balaban J connectivity index is 1.54. The molecule has 0 fully saturated rings. The number of ether oxygens (including phenoxy) is 2. The van der Waals surface area contributed by atoms with Gasteiger partial charge < -0.3 is 9.47 Å². The molecular weight excluding hydrogens is 474 g/mol. The van der Waals surface area contributed by atoms with Crippen LogP contribution in [0.5, 0.6) is 11.5 Å². The molecular formula is C28H23N3O6. The van der Waals surface area contributed by atoms with E-state index in [1.807, 2.05) is 43.3 Å². The number of nitro groups is 1. The molecule has 9 nitrogen and oxygen atoms in total. The number of para-hydroxylation sites is 2. The molecule has 0 heterocycles. The van der Waals surface area contributed by atoms with E-state index in [0.29, 0.717) is 11.1 Å². The molecule has 0 aliphatic rings. The first kappa shape index (κ1) is 25.1. The second-order valence-corrected chi connectivity index (χ2v) is 8.18. The van der Waals surface area contributed by atoms with Crippen LogP contribution in [-0.4, -0.2) is 29.1 Å². The molecule has 0 spiro atoms. The van der Waals surface area contributed by atoms with Crippen molar-refractivity contribution in [1.82, 2.24) is 5.43 Å². The summed E-state index contributed by atoms with van der Waals surface area (Å²) in [4.78, 5) is 35.9. The van der Waals surface area contributed by atoms with Gasteiger partial charge in [0.1, 0.15) is 5.75 Å². The van der Waals surface area contributed by atoms with Gasteiger partial charge in [0, 0.05) is 11.6 Å². The van der Waals surface area contributed by atoms with Gasteiger partial charge in [-0.2, -0.15) is 5.10 Å². The molecule has 0 bridgehead atoms. The summed E-state index contributed by atoms with van der Waals surface area (Å²) in [7, 11) is 0. The van der Waals surface area contributed by atoms with E-state index in [1.165, 1.54) is 31.3 Å². The van der Waals surface area contributed by atoms with Crippen LogP contribution in [0.4, 0.5) is 5.69 Å². The van der Waals surface area contributed by atoms with Gasteiger partial charge in [-0.05, 0) is 48.9 Å². The zero-order valence-electron chi connectivity index (χ0n) is 20.1. The number of carbonyl (C=O) groups excluding carboxylic acids is 2. The van der Waals surface area contributed by atoms with Crippen LogP contribution in [-0.2, 0) is 4.79 Å². The Kier molecular flexibility index (Phi) is 7.53. The Morgan fingerprint density at radius 2 is 1.73 bits per heavy atom. The van der Waals surface area contributed by atoms with Gasteiger partial charge in [-0.15, -0.1) is 0 Å². The monoisotopic (exact) mass is 497 g/mol. The number of carbonyl (C=O) groups is 2. The van der Waals surface area contributed by atoms with Gasteiger partial charge in [-0.3, -0.25) is 14.9 Å². The highest BCUT2D eigenvalue weighted by Crippen LogP contribution is 2.28. The van der Waals surface area contributed by atoms with Crippen LogP contribution in [0.2, 0.25) is 0 Å². The number of hydrazone groups is 1. The van der Waals surface area contributed by atoms with Gasteiger partial charge in [0.05, 0.1) is 16.7 Å². The Bertz CT molecular complexity index is 1520. The number of hydrogen-bond donors (Lipinski definition) is 1. The summed E-state index contributed by atoms with van der Waals surface area (Å²) < 4.78 is 11.2. The molecule has 9 heteroatoms. The Morgan fingerprint density at radius 3 is 2.51 bits per heavy atom. The van der Waals surface area contributed by atoms with E-state index < -0.39 is 22.9 Å². The predicted octanol–water partition coefficient (Wildman–Crippen LogP) is 5.19. The highest BCUT2D eigenvalue weighted by molar-refractivity contribution is 6.04. The molecule has 0 aliphatic carbocycles. The molecule has 186 valence electrons. The van der Waals surface area contributed by atoms with Crippen molar-refractivity contribution in [2.24, 2.45) is 5.10 Å². The summed E-state index contributed by atoms with van der Waals surface area (Å²) in [6.07, 6.45) is 0.320. The predicted molar refractivity (Wildman–Crippen MR) is 139 cm³/mol. The minimum atomic E-state index is -1.07. The summed E-state index contributed by atoms with van der Waals surface area (Å²) in [5.74, 6) is -0.900. The fraction of sp³-hybridized carbons (Fsp3) is 0.107. The maximum atomic E-state index is 12.8. The average Bonchev–Trinajstić information content (AvgIpc) is 2.89. The normalized spacial score (nSPS) is 11.7. The number of nitrogens with zero attached hydrogens (tertiary/aromatic N) is 2. The minimum Gasteiger partial charge on any atom is -0.474 e. The zero-order chi connectivity index (χ0) is 26.4. The average molecular weight is 498 g/mol. The lowest BCUT2D eigenvalue weighted by Crippen LogP contribution is -2.33. The molecule has 37 heavy (non-hydrogen) atoms. The summed E-state index contributed by atoms with van der Waals surface area (Å²) in [5, 5.41) is 16.9. The Hall–Kier alpha value is -5.05. The fourth-order valence-electron chi connectivity index (χ4n) is 3.63. The van der Waals surface area contributed by atoms with Gasteiger partial charge in [0.15, 0.2) is 11.9 Å². The van der Waals surface area contributed by atoms with Crippen LogP contribution >= 0.6 is 0 Å². The highest BCUT2D eigenvalue weighted by atomic mass is 16.6. The topological polar surface area (TPSA) is 120 Å². The third kappa shape index (κ3) is 5.96. The third-order valence-corrected chi connectivity index (χ3v) is 5.49. The van der Waals surface area contributed by atoms with Gasteiger partial charge in [-0.1, -0.05) is 60.2 Å². The standard InChI is InChI=1S/C28H23N3O6/c1-18-8-7-10-21(16-18)28(33)37-25-15-14-20-9-3-4-11-22(20)23(25)17-29-30-27(32)19(2)36-26-13-6-5-12-24(26)31(34)35/h3-17,19H,1-2H3,(H,30,32). The summed E-state index contributed by atoms with van der Waals surface area (Å²) >= 11 is 0. The van der Waals surface area contributed by atoms with E-state index >= 15 is 0 Å². The second kappa shape index (κ2) is 11.1. The molecule has 4 aromatic rings. The summed E-state index contributed by atoms with van der Waals surface area (Å²) in [6.45, 7) is 3.34. The first-order chi connectivity index (χ1) is 17.8. The van der Waals surface area contributed by atoms with E-state index in [0.717, 1.165) is 16.3 Å². The number of hydrogen-bond acceptors (Lipinski definition) is 7. The first-order valence-corrected chi connectivity index (χ1v) is 11.4. The van der Waals surface area contributed by atoms with Gasteiger partial charge >= 0.3 is 11.7 Å².